The normalized spacial score (nSPS) is 13.1. The predicted octanol–water partition coefficient (Wildman–Crippen LogP) is 13.8. The minimum atomic E-state index is -0.109. The summed E-state index contributed by atoms with van der Waals surface area (Å²) in [4.78, 5) is 15.6. The van der Waals surface area contributed by atoms with Crippen LogP contribution in [0.5, 0.6) is 0 Å². The minimum absolute atomic E-state index is 0.109. The van der Waals surface area contributed by atoms with E-state index in [2.05, 4.69) is 152 Å². The Balaban J connectivity index is 1.13. The van der Waals surface area contributed by atoms with E-state index < -0.39 is 0 Å². The molecule has 59 heavy (non-hydrogen) atoms. The van der Waals surface area contributed by atoms with Gasteiger partial charge in [-0.15, -0.1) is 0 Å². The summed E-state index contributed by atoms with van der Waals surface area (Å²) >= 11 is 0. The molecule has 0 radical (unpaired) electrons. The molecular weight excluding hydrogens is 721 g/mol. The quantitative estimate of drug-likeness (QED) is 0.175. The van der Waals surface area contributed by atoms with Gasteiger partial charge in [-0.25, -0.2) is 15.0 Å². The first kappa shape index (κ1) is 33.5. The number of fused-ring (bicyclic) bond motifs is 10. The number of benzene rings is 8. The second-order valence-corrected chi connectivity index (χ2v) is 16.0. The van der Waals surface area contributed by atoms with Gasteiger partial charge in [-0.3, -0.25) is 0 Å². The molecule has 3 heterocycles. The van der Waals surface area contributed by atoms with Crippen molar-refractivity contribution in [1.82, 2.24) is 19.5 Å². The molecule has 0 atom stereocenters. The van der Waals surface area contributed by atoms with Crippen molar-refractivity contribution in [2.75, 3.05) is 0 Å². The van der Waals surface area contributed by atoms with E-state index in [4.69, 9.17) is 19.4 Å². The Labute approximate surface area is 340 Å². The van der Waals surface area contributed by atoms with Crippen LogP contribution < -0.4 is 0 Å². The van der Waals surface area contributed by atoms with E-state index in [1.54, 1.807) is 0 Å². The fourth-order valence-electron chi connectivity index (χ4n) is 9.50. The molecule has 0 fully saturated rings. The van der Waals surface area contributed by atoms with Crippen LogP contribution in [-0.4, -0.2) is 19.5 Å². The van der Waals surface area contributed by atoms with Crippen LogP contribution in [0.2, 0.25) is 0 Å². The van der Waals surface area contributed by atoms with E-state index in [0.717, 1.165) is 66.5 Å². The van der Waals surface area contributed by atoms with E-state index in [1.807, 2.05) is 48.5 Å². The SMILES string of the molecule is CC1(C)c2ccccc2-c2c1ccc1c2c2ccccc2n1-c1ccc(-c2nc(-c3ccccc3)nc(-c3cccc(-c4ccccc4)c3)n2)c2c1oc1ccccc12. The zero-order chi connectivity index (χ0) is 39.2. The van der Waals surface area contributed by atoms with Gasteiger partial charge in [-0.05, 0) is 69.8 Å². The number of hydrogen-bond acceptors (Lipinski definition) is 4. The highest BCUT2D eigenvalue weighted by Crippen LogP contribution is 2.53. The zero-order valence-corrected chi connectivity index (χ0v) is 32.5. The van der Waals surface area contributed by atoms with Crippen molar-refractivity contribution in [2.24, 2.45) is 0 Å². The van der Waals surface area contributed by atoms with Gasteiger partial charge in [0.2, 0.25) is 0 Å². The van der Waals surface area contributed by atoms with E-state index >= 15 is 0 Å². The minimum Gasteiger partial charge on any atom is -0.454 e. The van der Waals surface area contributed by atoms with Crippen LogP contribution in [0.3, 0.4) is 0 Å². The van der Waals surface area contributed by atoms with Crippen molar-refractivity contribution in [1.29, 1.82) is 0 Å². The third-order valence-electron chi connectivity index (χ3n) is 12.3. The Kier molecular flexibility index (Phi) is 7.20. The fraction of sp³-hybridized carbons (Fsp3) is 0.0556. The summed E-state index contributed by atoms with van der Waals surface area (Å²) in [6, 6.07) is 63.9. The first-order chi connectivity index (χ1) is 29.0. The molecule has 3 aromatic heterocycles. The molecule has 12 rings (SSSR count). The number of rotatable bonds is 5. The molecule has 5 nitrogen and oxygen atoms in total. The summed E-state index contributed by atoms with van der Waals surface area (Å²) in [5, 5.41) is 4.45. The van der Waals surface area contributed by atoms with Crippen LogP contribution in [0.25, 0.3) is 106 Å². The molecule has 8 aromatic carbocycles. The molecule has 278 valence electrons. The molecule has 0 N–H and O–H groups in total. The highest BCUT2D eigenvalue weighted by atomic mass is 16.3. The highest BCUT2D eigenvalue weighted by molar-refractivity contribution is 6.20. The highest BCUT2D eigenvalue weighted by Gasteiger charge is 2.37. The maximum atomic E-state index is 6.95. The van der Waals surface area contributed by atoms with Gasteiger partial charge in [0.15, 0.2) is 23.1 Å². The van der Waals surface area contributed by atoms with Crippen molar-refractivity contribution in [2.45, 2.75) is 19.3 Å². The number of para-hydroxylation sites is 2. The van der Waals surface area contributed by atoms with Crippen molar-refractivity contribution in [3.8, 4) is 62.1 Å². The van der Waals surface area contributed by atoms with E-state index in [0.29, 0.717) is 17.5 Å². The molecule has 0 saturated carbocycles. The number of aromatic nitrogens is 4. The zero-order valence-electron chi connectivity index (χ0n) is 32.5. The Morgan fingerprint density at radius 1 is 0.441 bits per heavy atom. The van der Waals surface area contributed by atoms with Gasteiger partial charge in [-0.2, -0.15) is 0 Å². The van der Waals surface area contributed by atoms with Gasteiger partial charge in [0.1, 0.15) is 5.58 Å². The molecule has 0 aliphatic heterocycles. The van der Waals surface area contributed by atoms with Crippen molar-refractivity contribution < 1.29 is 4.42 Å². The topological polar surface area (TPSA) is 56.7 Å². The van der Waals surface area contributed by atoms with Crippen LogP contribution in [0.15, 0.2) is 186 Å². The van der Waals surface area contributed by atoms with E-state index in [-0.39, 0.29) is 5.41 Å². The molecule has 0 saturated heterocycles. The van der Waals surface area contributed by atoms with E-state index in [1.165, 1.54) is 33.0 Å². The van der Waals surface area contributed by atoms with Gasteiger partial charge < -0.3 is 8.98 Å². The second kappa shape index (κ2) is 12.7. The summed E-state index contributed by atoms with van der Waals surface area (Å²) in [6.45, 7) is 4.68. The molecule has 0 amide bonds. The van der Waals surface area contributed by atoms with Gasteiger partial charge >= 0.3 is 0 Å². The lowest BCUT2D eigenvalue weighted by Crippen LogP contribution is -2.14. The monoisotopic (exact) mass is 756 g/mol. The summed E-state index contributed by atoms with van der Waals surface area (Å²) in [5.74, 6) is 1.80. The summed E-state index contributed by atoms with van der Waals surface area (Å²) < 4.78 is 9.34. The molecule has 5 heteroatoms. The molecule has 0 spiro atoms. The van der Waals surface area contributed by atoms with Gasteiger partial charge in [0.25, 0.3) is 0 Å². The van der Waals surface area contributed by atoms with Gasteiger partial charge in [0.05, 0.1) is 16.7 Å². The molecule has 0 unspecified atom stereocenters. The fourth-order valence-corrected chi connectivity index (χ4v) is 9.50. The van der Waals surface area contributed by atoms with Crippen molar-refractivity contribution in [3.63, 3.8) is 0 Å². The molecule has 11 aromatic rings. The number of furan rings is 1. The Hall–Kier alpha value is -7.63. The van der Waals surface area contributed by atoms with Gasteiger partial charge in [-0.1, -0.05) is 159 Å². The van der Waals surface area contributed by atoms with Crippen LogP contribution in [0, 0.1) is 0 Å². The average molecular weight is 757 g/mol. The third-order valence-corrected chi connectivity index (χ3v) is 12.3. The Morgan fingerprint density at radius 3 is 1.92 bits per heavy atom. The molecule has 0 bridgehead atoms. The Morgan fingerprint density at radius 2 is 1.08 bits per heavy atom. The van der Waals surface area contributed by atoms with Crippen LogP contribution in [-0.2, 0) is 5.41 Å². The standard InChI is InChI=1S/C54H36N4O/c1-54(2)41-25-12-9-22-37(41)48-42(54)29-31-44-49(48)38-23-10-13-26-43(38)58(44)45-30-28-40(47-39-24-11-14-27-46(39)59-50(45)47)53-56-51(34-18-7-4-8-19-34)55-52(57-53)36-21-15-20-35(32-36)33-16-5-3-6-17-33/h3-32H,1-2H3. The van der Waals surface area contributed by atoms with Gasteiger partial charge in [0, 0.05) is 43.7 Å². The lowest BCUT2D eigenvalue weighted by molar-refractivity contribution is 0.660. The molecule has 1 aliphatic rings. The summed E-state index contributed by atoms with van der Waals surface area (Å²) in [7, 11) is 0. The summed E-state index contributed by atoms with van der Waals surface area (Å²) in [6.07, 6.45) is 0. The van der Waals surface area contributed by atoms with Crippen molar-refractivity contribution >= 4 is 43.7 Å². The lowest BCUT2D eigenvalue weighted by Gasteiger charge is -2.21. The first-order valence-electron chi connectivity index (χ1n) is 20.1. The Bertz CT molecular complexity index is 3470. The van der Waals surface area contributed by atoms with Crippen molar-refractivity contribution in [3.05, 3.63) is 193 Å². The maximum Gasteiger partial charge on any atom is 0.164 e. The molecule has 1 aliphatic carbocycles. The number of nitrogens with zero attached hydrogens (tertiary/aromatic N) is 4. The average Bonchev–Trinajstić information content (AvgIpc) is 3.93. The summed E-state index contributed by atoms with van der Waals surface area (Å²) in [5.41, 5.74) is 15.0. The largest absolute Gasteiger partial charge is 0.454 e. The maximum absolute atomic E-state index is 6.95. The molecular formula is C54H36N4O. The number of hydrogen-bond donors (Lipinski definition) is 0. The van der Waals surface area contributed by atoms with Crippen LogP contribution in [0.4, 0.5) is 0 Å². The smallest absolute Gasteiger partial charge is 0.164 e. The van der Waals surface area contributed by atoms with Crippen LogP contribution >= 0.6 is 0 Å². The third kappa shape index (κ3) is 5.01. The van der Waals surface area contributed by atoms with E-state index in [9.17, 15) is 0 Å². The van der Waals surface area contributed by atoms with Crippen LogP contribution in [0.1, 0.15) is 25.0 Å². The first-order valence-corrected chi connectivity index (χ1v) is 20.1. The second-order valence-electron chi connectivity index (χ2n) is 16.0. The predicted molar refractivity (Wildman–Crippen MR) is 241 cm³/mol. The lowest BCUT2D eigenvalue weighted by atomic mass is 9.82.